The van der Waals surface area contributed by atoms with Gasteiger partial charge in [-0.3, -0.25) is 0 Å². The van der Waals surface area contributed by atoms with Crippen LogP contribution in [0, 0.1) is 27.7 Å². The van der Waals surface area contributed by atoms with Gasteiger partial charge in [-0.1, -0.05) is 182 Å². The maximum atomic E-state index is 2.51. The zero-order valence-corrected chi connectivity index (χ0v) is 41.0. The fourth-order valence-corrected chi connectivity index (χ4v) is 11.5. The Morgan fingerprint density at radius 3 is 0.750 bits per heavy atom. The second-order valence-corrected chi connectivity index (χ2v) is 19.4. The van der Waals surface area contributed by atoms with Crippen LogP contribution in [0.5, 0.6) is 0 Å². The first-order chi connectivity index (χ1) is 35.4. The van der Waals surface area contributed by atoms with Gasteiger partial charge >= 0.3 is 0 Å². The van der Waals surface area contributed by atoms with E-state index in [1.807, 2.05) is 0 Å². The Kier molecular flexibility index (Phi) is 10.4. The molecule has 2 heteroatoms. The average Bonchev–Trinajstić information content (AvgIpc) is 3.84. The number of hydrogen-bond acceptors (Lipinski definition) is 0. The molecular weight excluding hydrogens is 869 g/mol. The Balaban J connectivity index is 1.14. The normalized spacial score (nSPS) is 11.6. The maximum Gasteiger partial charge on any atom is 0.0540 e. The summed E-state index contributed by atoms with van der Waals surface area (Å²) in [7, 11) is 0. The Morgan fingerprint density at radius 1 is 0.222 bits per heavy atom. The smallest absolute Gasteiger partial charge is 0.0540 e. The van der Waals surface area contributed by atoms with Crippen molar-refractivity contribution in [3.63, 3.8) is 0 Å². The predicted octanol–water partition coefficient (Wildman–Crippen LogP) is 19.1. The van der Waals surface area contributed by atoms with Crippen LogP contribution < -0.4 is 0 Å². The lowest BCUT2D eigenvalue weighted by atomic mass is 9.84. The van der Waals surface area contributed by atoms with Gasteiger partial charge in [-0.25, -0.2) is 0 Å². The van der Waals surface area contributed by atoms with Gasteiger partial charge in [0.1, 0.15) is 0 Å². The molecule has 0 aliphatic carbocycles. The van der Waals surface area contributed by atoms with E-state index in [0.717, 1.165) is 11.4 Å². The van der Waals surface area contributed by atoms with E-state index >= 15 is 0 Å². The van der Waals surface area contributed by atoms with Crippen molar-refractivity contribution in [2.24, 2.45) is 0 Å². The van der Waals surface area contributed by atoms with E-state index in [-0.39, 0.29) is 0 Å². The largest absolute Gasteiger partial charge is 0.314 e. The SMILES string of the molecule is Cc1c(C)n(-c2cc(-c3ccccc3)cc(-c3ccccc3)c2)c2cc3c(-c4ccccc4)c4cc5c(C)c(C)n(-c6cc(-c7ccccc7)cc(-c7ccccc7)c6)c5cc4c(-c4ccccc4)c3cc12. The molecule has 0 N–H and O–H groups in total. The van der Waals surface area contributed by atoms with Crippen molar-refractivity contribution in [1.29, 1.82) is 0 Å². The predicted molar refractivity (Wildman–Crippen MR) is 307 cm³/mol. The molecule has 342 valence electrons. The second-order valence-electron chi connectivity index (χ2n) is 19.4. The fraction of sp³-hybridized carbons (Fsp3) is 0.0571. The monoisotopic (exact) mass is 920 g/mol. The van der Waals surface area contributed by atoms with Crippen molar-refractivity contribution in [1.82, 2.24) is 9.13 Å². The van der Waals surface area contributed by atoms with Crippen LogP contribution in [-0.4, -0.2) is 9.13 Å². The molecular formula is C70H52N2. The highest BCUT2D eigenvalue weighted by atomic mass is 15.0. The molecule has 0 fully saturated rings. The summed E-state index contributed by atoms with van der Waals surface area (Å²) in [4.78, 5) is 0. The fourth-order valence-electron chi connectivity index (χ4n) is 11.5. The van der Waals surface area contributed by atoms with E-state index < -0.39 is 0 Å². The van der Waals surface area contributed by atoms with Crippen molar-refractivity contribution in [3.05, 3.63) is 265 Å². The van der Waals surface area contributed by atoms with Crippen LogP contribution in [0.25, 0.3) is 121 Å². The standard InChI is InChI=1S/C70H52N2/c1-45-47(3)71(59-37-55(49-23-11-5-12-24-49)35-56(38-59)50-25-13-6-14-26-50)67-43-65-63(41-61(45)67)69(53-31-19-9-20-32-53)66-44-68-62(42-64(66)70(65)54-33-21-10-22-34-54)46(2)48(4)72(68)60-39-57(51-27-15-7-16-28-51)36-58(40-60)52-29-17-8-18-30-52/h5-44H,1-4H3. The summed E-state index contributed by atoms with van der Waals surface area (Å²) in [6.45, 7) is 9.18. The first-order valence-electron chi connectivity index (χ1n) is 25.1. The molecule has 72 heavy (non-hydrogen) atoms. The number of fused-ring (bicyclic) bond motifs is 4. The highest BCUT2D eigenvalue weighted by Gasteiger charge is 2.24. The van der Waals surface area contributed by atoms with Crippen molar-refractivity contribution >= 4 is 43.4 Å². The van der Waals surface area contributed by atoms with Gasteiger partial charge in [-0.05, 0) is 188 Å². The zero-order valence-electron chi connectivity index (χ0n) is 41.0. The molecule has 0 unspecified atom stereocenters. The third-order valence-corrected chi connectivity index (χ3v) is 15.3. The molecule has 0 radical (unpaired) electrons. The molecule has 2 aromatic heterocycles. The Morgan fingerprint density at radius 2 is 0.472 bits per heavy atom. The van der Waals surface area contributed by atoms with E-state index in [0.29, 0.717) is 0 Å². The summed E-state index contributed by atoms with van der Waals surface area (Å²) in [6, 6.07) is 89.5. The minimum atomic E-state index is 1.15. The van der Waals surface area contributed by atoms with Crippen LogP contribution in [0.15, 0.2) is 243 Å². The minimum absolute atomic E-state index is 1.15. The van der Waals surface area contributed by atoms with Crippen LogP contribution in [0.2, 0.25) is 0 Å². The molecule has 0 aliphatic heterocycles. The molecule has 13 rings (SSSR count). The van der Waals surface area contributed by atoms with Crippen molar-refractivity contribution in [2.45, 2.75) is 27.7 Å². The quantitative estimate of drug-likeness (QED) is 0.134. The molecule has 0 saturated heterocycles. The summed E-state index contributed by atoms with van der Waals surface area (Å²) in [5.41, 5.74) is 24.2. The molecule has 11 aromatic carbocycles. The Labute approximate surface area is 421 Å². The lowest BCUT2D eigenvalue weighted by Gasteiger charge is -2.20. The van der Waals surface area contributed by atoms with E-state index in [1.165, 1.54) is 133 Å². The summed E-state index contributed by atoms with van der Waals surface area (Å²) < 4.78 is 5.02. The molecule has 0 spiro atoms. The summed E-state index contributed by atoms with van der Waals surface area (Å²) in [6.07, 6.45) is 0. The number of hydrogen-bond donors (Lipinski definition) is 0. The van der Waals surface area contributed by atoms with Gasteiger partial charge in [0.15, 0.2) is 0 Å². The number of rotatable bonds is 8. The van der Waals surface area contributed by atoms with Crippen LogP contribution in [0.3, 0.4) is 0 Å². The number of nitrogens with zero attached hydrogens (tertiary/aromatic N) is 2. The average molecular weight is 921 g/mol. The first-order valence-corrected chi connectivity index (χ1v) is 25.1. The highest BCUT2D eigenvalue weighted by Crippen LogP contribution is 2.49. The molecule has 0 bridgehead atoms. The molecule has 2 nitrogen and oxygen atoms in total. The van der Waals surface area contributed by atoms with Gasteiger partial charge in [-0.2, -0.15) is 0 Å². The van der Waals surface area contributed by atoms with Gasteiger partial charge in [0.25, 0.3) is 0 Å². The molecule has 13 aromatic rings. The number of benzene rings is 11. The van der Waals surface area contributed by atoms with Gasteiger partial charge < -0.3 is 9.13 Å². The van der Waals surface area contributed by atoms with E-state index in [2.05, 4.69) is 279 Å². The van der Waals surface area contributed by atoms with E-state index in [9.17, 15) is 0 Å². The molecule has 0 amide bonds. The number of aryl methyl sites for hydroxylation is 2. The third kappa shape index (κ3) is 7.18. The van der Waals surface area contributed by atoms with Gasteiger partial charge in [0, 0.05) is 33.5 Å². The number of aromatic nitrogens is 2. The third-order valence-electron chi connectivity index (χ3n) is 15.3. The minimum Gasteiger partial charge on any atom is -0.314 e. The summed E-state index contributed by atoms with van der Waals surface area (Å²) in [5.74, 6) is 0. The van der Waals surface area contributed by atoms with E-state index in [1.54, 1.807) is 0 Å². The van der Waals surface area contributed by atoms with Crippen molar-refractivity contribution in [3.8, 4) is 78.1 Å². The maximum absolute atomic E-state index is 2.51. The summed E-state index contributed by atoms with van der Waals surface area (Å²) >= 11 is 0. The molecule has 0 saturated carbocycles. The van der Waals surface area contributed by atoms with Crippen molar-refractivity contribution in [2.75, 3.05) is 0 Å². The molecule has 0 aliphatic rings. The van der Waals surface area contributed by atoms with Crippen LogP contribution >= 0.6 is 0 Å². The van der Waals surface area contributed by atoms with Gasteiger partial charge in [0.2, 0.25) is 0 Å². The van der Waals surface area contributed by atoms with Crippen LogP contribution in [0.1, 0.15) is 22.5 Å². The van der Waals surface area contributed by atoms with Crippen LogP contribution in [-0.2, 0) is 0 Å². The van der Waals surface area contributed by atoms with Gasteiger partial charge in [-0.15, -0.1) is 0 Å². The van der Waals surface area contributed by atoms with E-state index in [4.69, 9.17) is 0 Å². The highest BCUT2D eigenvalue weighted by molar-refractivity contribution is 6.25. The van der Waals surface area contributed by atoms with Crippen LogP contribution in [0.4, 0.5) is 0 Å². The molecule has 0 atom stereocenters. The first kappa shape index (κ1) is 43.1. The lowest BCUT2D eigenvalue weighted by molar-refractivity contribution is 1.04. The lowest BCUT2D eigenvalue weighted by Crippen LogP contribution is -1.99. The Hall–Kier alpha value is -8.98. The molecule has 2 heterocycles. The van der Waals surface area contributed by atoms with Crippen molar-refractivity contribution < 1.29 is 0 Å². The Bertz CT molecular complexity index is 3790. The topological polar surface area (TPSA) is 9.86 Å². The zero-order chi connectivity index (χ0) is 48.5. The van der Waals surface area contributed by atoms with Gasteiger partial charge in [0.05, 0.1) is 11.0 Å². The summed E-state index contributed by atoms with van der Waals surface area (Å²) in [5, 5.41) is 7.46. The second kappa shape index (κ2) is 17.5.